The number of nitrogen functional groups attached to an aromatic ring is 2. The first-order chi connectivity index (χ1) is 30.0. The van der Waals surface area contributed by atoms with Crippen molar-refractivity contribution in [2.45, 2.75) is 97.3 Å². The number of unbranched alkanes of at least 4 members (excludes halogenated alkanes) is 2. The molecule has 2 atom stereocenters. The number of hydrogen-bond acceptors (Lipinski definition) is 11. The van der Waals surface area contributed by atoms with E-state index in [0.29, 0.717) is 73.0 Å². The van der Waals surface area contributed by atoms with Crippen LogP contribution in [0.15, 0.2) is 84.9 Å². The first-order valence-electron chi connectivity index (χ1n) is 21.2. The van der Waals surface area contributed by atoms with Gasteiger partial charge in [-0.15, -0.1) is 0 Å². The Balaban J connectivity index is 0.000000187. The van der Waals surface area contributed by atoms with Gasteiger partial charge in [0.15, 0.2) is 0 Å². The number of carboxylic acid groups (broad SMARTS) is 1. The quantitative estimate of drug-likeness (QED) is 0.0948. The zero-order valence-corrected chi connectivity index (χ0v) is 35.3. The molecule has 62 heavy (non-hydrogen) atoms. The number of ether oxygens (including phenoxy) is 1. The van der Waals surface area contributed by atoms with Crippen LogP contribution in [0.25, 0.3) is 21.8 Å². The van der Waals surface area contributed by atoms with Gasteiger partial charge in [0.2, 0.25) is 11.9 Å². The van der Waals surface area contributed by atoms with Gasteiger partial charge >= 0.3 is 11.9 Å². The first-order valence-corrected chi connectivity index (χ1v) is 21.2. The van der Waals surface area contributed by atoms with Crippen LogP contribution in [0.3, 0.4) is 0 Å². The Labute approximate surface area is 360 Å². The van der Waals surface area contributed by atoms with Crippen molar-refractivity contribution in [1.82, 2.24) is 29.7 Å². The maximum Gasteiger partial charge on any atom is 0.313 e. The third-order valence-electron chi connectivity index (χ3n) is 11.5. The number of nitrogens with zero attached hydrogens (tertiary/aromatic N) is 6. The van der Waals surface area contributed by atoms with Crippen LogP contribution in [0.1, 0.15) is 125 Å². The topological polar surface area (TPSA) is 208 Å². The lowest BCUT2D eigenvalue weighted by molar-refractivity contribution is -0.145. The zero-order chi connectivity index (χ0) is 43.9. The number of aromatic nitrogens is 4. The Bertz CT molecular complexity index is 2600. The predicted octanol–water partition coefficient (Wildman–Crippen LogP) is 7.93. The minimum atomic E-state index is -0.873. The van der Waals surface area contributed by atoms with Crippen LogP contribution < -0.4 is 11.5 Å². The fourth-order valence-corrected chi connectivity index (χ4v) is 8.25. The number of hydrogen-bond donors (Lipinski definition) is 3. The molecule has 0 saturated heterocycles. The number of amides is 2. The van der Waals surface area contributed by atoms with Crippen LogP contribution >= 0.6 is 0 Å². The summed E-state index contributed by atoms with van der Waals surface area (Å²) in [5.74, 6) is -2.50. The second-order valence-electron chi connectivity index (χ2n) is 15.8. The summed E-state index contributed by atoms with van der Waals surface area (Å²) < 4.78 is 5.32. The van der Waals surface area contributed by atoms with Gasteiger partial charge in [-0.1, -0.05) is 100 Å². The first kappa shape index (κ1) is 43.1. The lowest BCUT2D eigenvalue weighted by atomic mass is 9.92. The fourth-order valence-electron chi connectivity index (χ4n) is 8.25. The molecule has 4 aromatic carbocycles. The smallest absolute Gasteiger partial charge is 0.313 e. The van der Waals surface area contributed by atoms with E-state index in [4.69, 9.17) is 16.2 Å². The molecule has 4 heterocycles. The van der Waals surface area contributed by atoms with Crippen LogP contribution in [0.4, 0.5) is 11.9 Å². The number of carboxylic acids is 1. The van der Waals surface area contributed by atoms with Crippen molar-refractivity contribution in [3.8, 4) is 0 Å². The predicted molar refractivity (Wildman–Crippen MR) is 237 cm³/mol. The Morgan fingerprint density at radius 2 is 1.02 bits per heavy atom. The molecule has 8 rings (SSSR count). The maximum atomic E-state index is 13.5. The summed E-state index contributed by atoms with van der Waals surface area (Å²) >= 11 is 0. The number of carbonyl (C=O) groups excluding carboxylic acids is 3. The van der Waals surface area contributed by atoms with Crippen molar-refractivity contribution in [3.05, 3.63) is 130 Å². The lowest BCUT2D eigenvalue weighted by Gasteiger charge is -2.18. The van der Waals surface area contributed by atoms with Crippen LogP contribution in [-0.4, -0.2) is 65.2 Å². The van der Waals surface area contributed by atoms with Crippen molar-refractivity contribution in [2.75, 3.05) is 18.1 Å². The standard InChI is InChI=1S/C25H28N4O3.C23H24N4O3/c1-3-5-10-19(24(31)32-4-2)16-11-12-21-20(13-16)22(28-25(26)27-21)23(30)29-14-17-8-6-7-9-18(17)15-29;1-2-3-8-17(22(29)30)14-9-10-19-18(11-14)20(26-23(24)25-19)21(28)27-12-15-6-4-5-7-16(15)13-27/h6-9,11-13,19H,3-5,10,14-15H2,1-2H3,(H2,26,27,28);4-7,9-11,17H,2-3,8,12-13H2,1H3,(H,29,30)(H2,24,25,26). The molecule has 2 unspecified atom stereocenters. The van der Waals surface area contributed by atoms with E-state index in [1.807, 2.05) is 67.6 Å². The molecule has 0 fully saturated rings. The Morgan fingerprint density at radius 1 is 0.613 bits per heavy atom. The minimum Gasteiger partial charge on any atom is -0.481 e. The average molecular weight is 837 g/mol. The molecule has 5 N–H and O–H groups in total. The maximum absolute atomic E-state index is 13.5. The number of esters is 1. The molecule has 0 saturated carbocycles. The molecule has 2 amide bonds. The van der Waals surface area contributed by atoms with Crippen molar-refractivity contribution in [2.24, 2.45) is 0 Å². The monoisotopic (exact) mass is 836 g/mol. The van der Waals surface area contributed by atoms with Crippen molar-refractivity contribution in [1.29, 1.82) is 0 Å². The lowest BCUT2D eigenvalue weighted by Crippen LogP contribution is -2.27. The van der Waals surface area contributed by atoms with Gasteiger partial charge in [0.05, 0.1) is 29.5 Å². The molecule has 14 nitrogen and oxygen atoms in total. The van der Waals surface area contributed by atoms with E-state index >= 15 is 0 Å². The highest BCUT2D eigenvalue weighted by molar-refractivity contribution is 6.06. The molecule has 14 heteroatoms. The van der Waals surface area contributed by atoms with E-state index < -0.39 is 17.8 Å². The average Bonchev–Trinajstić information content (AvgIpc) is 3.91. The van der Waals surface area contributed by atoms with Gasteiger partial charge in [0, 0.05) is 37.0 Å². The van der Waals surface area contributed by atoms with E-state index in [9.17, 15) is 24.3 Å². The van der Waals surface area contributed by atoms with E-state index in [0.717, 1.165) is 53.5 Å². The molecule has 2 aromatic heterocycles. The van der Waals surface area contributed by atoms with E-state index in [1.54, 1.807) is 41.0 Å². The number of aliphatic carboxylic acids is 1. The summed E-state index contributed by atoms with van der Waals surface area (Å²) in [7, 11) is 0. The van der Waals surface area contributed by atoms with E-state index in [1.165, 1.54) is 0 Å². The summed E-state index contributed by atoms with van der Waals surface area (Å²) in [5, 5.41) is 10.8. The molecule has 0 bridgehead atoms. The number of benzene rings is 4. The van der Waals surface area contributed by atoms with Crippen molar-refractivity contribution < 1.29 is 29.0 Å². The molecule has 0 spiro atoms. The van der Waals surface area contributed by atoms with E-state index in [2.05, 4.69) is 26.9 Å². The molecule has 2 aliphatic rings. The SMILES string of the molecule is CCCCC(C(=O)O)c1ccc2nc(N)nc(C(=O)N3Cc4ccccc4C3)c2c1.CCCCC(C(=O)OCC)c1ccc2nc(N)nc(C(=O)N3Cc4ccccc4C3)c2c1. The van der Waals surface area contributed by atoms with Crippen LogP contribution in [-0.2, 0) is 40.5 Å². The van der Waals surface area contributed by atoms with Crippen LogP contribution in [0.5, 0.6) is 0 Å². The highest BCUT2D eigenvalue weighted by Gasteiger charge is 2.30. The highest BCUT2D eigenvalue weighted by Crippen LogP contribution is 2.32. The second kappa shape index (κ2) is 19.2. The van der Waals surface area contributed by atoms with Crippen molar-refractivity contribution in [3.63, 3.8) is 0 Å². The third kappa shape index (κ3) is 9.34. The number of fused-ring (bicyclic) bond motifs is 4. The third-order valence-corrected chi connectivity index (χ3v) is 11.5. The van der Waals surface area contributed by atoms with E-state index in [-0.39, 0.29) is 41.1 Å². The Morgan fingerprint density at radius 3 is 1.40 bits per heavy atom. The normalized spacial score (nSPS) is 13.9. The molecular formula is C48H52N8O6. The summed E-state index contributed by atoms with van der Waals surface area (Å²) in [4.78, 5) is 71.9. The Kier molecular flexibility index (Phi) is 13.3. The van der Waals surface area contributed by atoms with Gasteiger partial charge < -0.3 is 31.1 Å². The molecule has 6 aromatic rings. The summed E-state index contributed by atoms with van der Waals surface area (Å²) in [6.45, 7) is 8.32. The summed E-state index contributed by atoms with van der Waals surface area (Å²) in [6, 6.07) is 26.7. The van der Waals surface area contributed by atoms with Gasteiger partial charge in [-0.25, -0.2) is 19.9 Å². The largest absolute Gasteiger partial charge is 0.481 e. The van der Waals surface area contributed by atoms with Crippen LogP contribution in [0.2, 0.25) is 0 Å². The van der Waals surface area contributed by atoms with Gasteiger partial charge in [-0.3, -0.25) is 19.2 Å². The van der Waals surface area contributed by atoms with Gasteiger partial charge in [0.25, 0.3) is 11.8 Å². The van der Waals surface area contributed by atoms with Gasteiger partial charge in [-0.2, -0.15) is 0 Å². The number of rotatable bonds is 13. The molecule has 0 radical (unpaired) electrons. The Hall–Kier alpha value is -6.96. The van der Waals surface area contributed by atoms with Gasteiger partial charge in [0.1, 0.15) is 11.4 Å². The highest BCUT2D eigenvalue weighted by atomic mass is 16.5. The molecule has 2 aliphatic heterocycles. The van der Waals surface area contributed by atoms with Gasteiger partial charge in [-0.05, 0) is 77.4 Å². The molecule has 320 valence electrons. The van der Waals surface area contributed by atoms with Crippen LogP contribution in [0, 0.1) is 0 Å². The van der Waals surface area contributed by atoms with Crippen molar-refractivity contribution >= 4 is 57.5 Å². The number of carbonyl (C=O) groups is 4. The molecular weight excluding hydrogens is 785 g/mol. The number of anilines is 2. The summed E-state index contributed by atoms with van der Waals surface area (Å²) in [6.07, 6.45) is 4.82. The molecule has 0 aliphatic carbocycles. The minimum absolute atomic E-state index is 0.0241. The zero-order valence-electron chi connectivity index (χ0n) is 35.3. The second-order valence-corrected chi connectivity index (χ2v) is 15.8. The summed E-state index contributed by atoms with van der Waals surface area (Å²) in [5.41, 5.74) is 19.3. The number of nitrogens with two attached hydrogens (primary N) is 2. The fraction of sp³-hybridized carbons (Fsp3) is 0.333.